The Morgan fingerprint density at radius 1 is 1.09 bits per heavy atom. The van der Waals surface area contributed by atoms with Crippen LogP contribution in [0.25, 0.3) is 22.0 Å². The molecule has 34 heavy (non-hydrogen) atoms. The summed E-state index contributed by atoms with van der Waals surface area (Å²) in [5.41, 5.74) is 3.96. The largest absolute Gasteiger partial charge is 0.462 e. The van der Waals surface area contributed by atoms with Gasteiger partial charge in [0.25, 0.3) is 0 Å². The molecular weight excluding hydrogens is 433 g/mol. The van der Waals surface area contributed by atoms with E-state index in [1.54, 1.807) is 0 Å². The Balaban J connectivity index is 1.61. The van der Waals surface area contributed by atoms with Crippen molar-refractivity contribution >= 4 is 22.7 Å². The molecule has 0 amide bonds. The zero-order valence-corrected chi connectivity index (χ0v) is 19.4. The summed E-state index contributed by atoms with van der Waals surface area (Å²) in [5.74, 6) is 0.318. The van der Waals surface area contributed by atoms with Crippen LogP contribution in [0.2, 0.25) is 0 Å². The van der Waals surface area contributed by atoms with Gasteiger partial charge in [0.15, 0.2) is 0 Å². The summed E-state index contributed by atoms with van der Waals surface area (Å²) in [6.45, 7) is 3.64. The molecule has 7 heteroatoms. The zero-order chi connectivity index (χ0) is 23.7. The summed E-state index contributed by atoms with van der Waals surface area (Å²) in [5, 5.41) is 11.1. The molecule has 6 nitrogen and oxygen atoms in total. The smallest absolute Gasteiger partial charge is 0.308 e. The molecule has 178 valence electrons. The molecule has 0 radical (unpaired) electrons. The number of hydrogen-bond donors (Lipinski definition) is 1. The molecule has 2 aromatic carbocycles. The summed E-state index contributed by atoms with van der Waals surface area (Å²) in [6.07, 6.45) is 0.747. The van der Waals surface area contributed by atoms with Crippen molar-refractivity contribution in [1.82, 2.24) is 9.88 Å². The van der Waals surface area contributed by atoms with Crippen molar-refractivity contribution in [3.63, 3.8) is 0 Å². The van der Waals surface area contributed by atoms with Crippen LogP contribution in [0.5, 0.6) is 0 Å². The number of aromatic nitrogens is 1. The van der Waals surface area contributed by atoms with Crippen molar-refractivity contribution < 1.29 is 19.0 Å². The van der Waals surface area contributed by atoms with Crippen LogP contribution in [0.3, 0.4) is 0 Å². The lowest BCUT2D eigenvalue weighted by Gasteiger charge is -2.35. The van der Waals surface area contributed by atoms with E-state index in [1.807, 2.05) is 30.3 Å². The molecule has 1 aromatic heterocycles. The van der Waals surface area contributed by atoms with Crippen molar-refractivity contribution in [2.75, 3.05) is 38.1 Å². The molecule has 5 rings (SSSR count). The van der Waals surface area contributed by atoms with E-state index in [0.29, 0.717) is 19.3 Å². The molecule has 2 saturated heterocycles. The van der Waals surface area contributed by atoms with E-state index < -0.39 is 6.10 Å². The molecule has 0 saturated carbocycles. The number of carbonyl (C=O) groups is 1. The second-order valence-corrected chi connectivity index (χ2v) is 9.35. The van der Waals surface area contributed by atoms with Gasteiger partial charge in [0.2, 0.25) is 0 Å². The number of cyclic esters (lactones) is 1. The Hall–Kier alpha value is -3.03. The summed E-state index contributed by atoms with van der Waals surface area (Å²) < 4.78 is 19.3. The fourth-order valence-corrected chi connectivity index (χ4v) is 5.04. The zero-order valence-electron chi connectivity index (χ0n) is 19.4. The number of hydrogen-bond acceptors (Lipinski definition) is 6. The number of nitrogens with zero attached hydrogens (tertiary/aromatic N) is 3. The molecule has 2 fully saturated rings. The number of fused-ring (bicyclic) bond motifs is 1. The molecular formula is C27H30FN3O3. The number of halogens is 1. The lowest BCUT2D eigenvalue weighted by atomic mass is 9.91. The monoisotopic (exact) mass is 463 g/mol. The molecule has 0 bridgehead atoms. The van der Waals surface area contributed by atoms with E-state index >= 15 is 0 Å². The van der Waals surface area contributed by atoms with Crippen LogP contribution < -0.4 is 4.90 Å². The lowest BCUT2D eigenvalue weighted by Crippen LogP contribution is -2.45. The Kier molecular flexibility index (Phi) is 6.48. The number of likely N-dealkylation sites (N-methyl/N-ethyl adjacent to an activating group) is 1. The van der Waals surface area contributed by atoms with Crippen LogP contribution in [0.15, 0.2) is 48.5 Å². The minimum absolute atomic E-state index is 0.0569. The van der Waals surface area contributed by atoms with Crippen LogP contribution in [0.4, 0.5) is 10.2 Å². The number of pyridine rings is 1. The summed E-state index contributed by atoms with van der Waals surface area (Å²) in [6, 6.07) is 14.7. The van der Waals surface area contributed by atoms with Crippen LogP contribution in [0.1, 0.15) is 24.8 Å². The topological polar surface area (TPSA) is 65.9 Å². The molecule has 0 spiro atoms. The van der Waals surface area contributed by atoms with Gasteiger partial charge in [0.1, 0.15) is 17.7 Å². The first-order valence-electron chi connectivity index (χ1n) is 12.0. The average Bonchev–Trinajstić information content (AvgIpc) is 2.82. The maximum atomic E-state index is 13.8. The number of carbonyl (C=O) groups excluding carboxylic acids is 1. The molecule has 3 aromatic rings. The second kappa shape index (κ2) is 9.68. The summed E-state index contributed by atoms with van der Waals surface area (Å²) >= 11 is 0. The van der Waals surface area contributed by atoms with Crippen molar-refractivity contribution in [2.45, 2.75) is 37.9 Å². The van der Waals surface area contributed by atoms with E-state index in [1.165, 1.54) is 12.1 Å². The van der Waals surface area contributed by atoms with Gasteiger partial charge in [-0.3, -0.25) is 4.79 Å². The van der Waals surface area contributed by atoms with Gasteiger partial charge < -0.3 is 19.6 Å². The van der Waals surface area contributed by atoms with E-state index in [4.69, 9.17) is 9.72 Å². The van der Waals surface area contributed by atoms with E-state index in [0.717, 1.165) is 59.6 Å². The van der Waals surface area contributed by atoms with Crippen molar-refractivity contribution in [3.8, 4) is 11.1 Å². The Morgan fingerprint density at radius 3 is 2.56 bits per heavy atom. The highest BCUT2D eigenvalue weighted by Gasteiger charge is 2.29. The van der Waals surface area contributed by atoms with Gasteiger partial charge >= 0.3 is 5.97 Å². The van der Waals surface area contributed by atoms with Gasteiger partial charge in [-0.05, 0) is 49.2 Å². The predicted molar refractivity (Wildman–Crippen MR) is 130 cm³/mol. The number of rotatable bonds is 5. The summed E-state index contributed by atoms with van der Waals surface area (Å²) in [4.78, 5) is 21.6. The second-order valence-electron chi connectivity index (χ2n) is 9.35. The van der Waals surface area contributed by atoms with Gasteiger partial charge in [-0.1, -0.05) is 30.3 Å². The maximum absolute atomic E-state index is 13.8. The number of anilines is 1. The molecule has 2 unspecified atom stereocenters. The predicted octanol–water partition coefficient (Wildman–Crippen LogP) is 3.79. The van der Waals surface area contributed by atoms with Crippen molar-refractivity contribution in [3.05, 3.63) is 59.9 Å². The first kappa shape index (κ1) is 22.7. The van der Waals surface area contributed by atoms with E-state index in [2.05, 4.69) is 22.9 Å². The number of piperazine rings is 1. The van der Waals surface area contributed by atoms with Gasteiger partial charge in [-0.25, -0.2) is 9.37 Å². The lowest BCUT2D eigenvalue weighted by molar-refractivity contribution is -0.160. The van der Waals surface area contributed by atoms with Crippen LogP contribution in [-0.2, 0) is 16.0 Å². The van der Waals surface area contributed by atoms with Crippen LogP contribution >= 0.6 is 0 Å². The normalized spacial score (nSPS) is 21.6. The number of benzene rings is 2. The number of ether oxygens (including phenoxy) is 1. The van der Waals surface area contributed by atoms with Crippen LogP contribution in [-0.4, -0.2) is 66.4 Å². The number of para-hydroxylation sites is 1. The first-order valence-corrected chi connectivity index (χ1v) is 12.0. The number of aliphatic hydroxyl groups is 1. The standard InChI is InChI=1S/C27H30FN3O3/c1-30-12-14-31(15-13-30)27-23(11-10-21-16-20(32)17-25(33)34-21)26(18-6-8-19(28)9-7-18)22-4-2-3-5-24(22)29-27/h2-9,20-21,32H,10-17H2,1H3. The minimum atomic E-state index is -0.658. The quantitative estimate of drug-likeness (QED) is 0.581. The Bertz CT molecular complexity index is 1180. The third-order valence-electron chi connectivity index (χ3n) is 6.86. The van der Waals surface area contributed by atoms with Gasteiger partial charge in [0, 0.05) is 43.5 Å². The molecule has 2 aliphatic rings. The Labute approximate surface area is 199 Å². The highest BCUT2D eigenvalue weighted by Crippen LogP contribution is 2.38. The van der Waals surface area contributed by atoms with Crippen molar-refractivity contribution in [1.29, 1.82) is 0 Å². The number of aliphatic hydroxyl groups excluding tert-OH is 1. The summed E-state index contributed by atoms with van der Waals surface area (Å²) in [7, 11) is 2.12. The molecule has 3 heterocycles. The fourth-order valence-electron chi connectivity index (χ4n) is 5.04. The SMILES string of the molecule is CN1CCN(c2nc3ccccc3c(-c3ccc(F)cc3)c2CCC2CC(O)CC(=O)O2)CC1. The van der Waals surface area contributed by atoms with Gasteiger partial charge in [-0.15, -0.1) is 0 Å². The van der Waals surface area contributed by atoms with E-state index in [-0.39, 0.29) is 24.3 Å². The fraction of sp³-hybridized carbons (Fsp3) is 0.407. The minimum Gasteiger partial charge on any atom is -0.462 e. The maximum Gasteiger partial charge on any atom is 0.308 e. The van der Waals surface area contributed by atoms with Gasteiger partial charge in [0.05, 0.1) is 18.0 Å². The molecule has 2 aliphatic heterocycles. The third-order valence-corrected chi connectivity index (χ3v) is 6.86. The van der Waals surface area contributed by atoms with Crippen molar-refractivity contribution in [2.24, 2.45) is 0 Å². The average molecular weight is 464 g/mol. The molecule has 0 aliphatic carbocycles. The first-order chi connectivity index (χ1) is 16.5. The Morgan fingerprint density at radius 2 is 1.82 bits per heavy atom. The highest BCUT2D eigenvalue weighted by molar-refractivity contribution is 5.98. The van der Waals surface area contributed by atoms with E-state index in [9.17, 15) is 14.3 Å². The molecule has 2 atom stereocenters. The molecule has 1 N–H and O–H groups in total. The van der Waals surface area contributed by atoms with Crippen LogP contribution in [0, 0.1) is 5.82 Å². The highest BCUT2D eigenvalue weighted by atomic mass is 19.1. The number of esters is 1. The third kappa shape index (κ3) is 4.76. The van der Waals surface area contributed by atoms with Gasteiger partial charge in [-0.2, -0.15) is 0 Å².